The molecule has 0 saturated heterocycles. The molecule has 130 valence electrons. The van der Waals surface area contributed by atoms with Crippen molar-refractivity contribution in [1.82, 2.24) is 0 Å². The fourth-order valence-corrected chi connectivity index (χ4v) is 2.74. The van der Waals surface area contributed by atoms with Gasteiger partial charge in [-0.2, -0.15) is 0 Å². The Morgan fingerprint density at radius 1 is 1.16 bits per heavy atom. The third kappa shape index (κ3) is 4.52. The first kappa shape index (κ1) is 18.8. The molecule has 7 nitrogen and oxygen atoms in total. The van der Waals surface area contributed by atoms with Crippen LogP contribution in [0.15, 0.2) is 42.5 Å². The number of hydrogen-bond acceptors (Lipinski definition) is 5. The van der Waals surface area contributed by atoms with Crippen LogP contribution in [0.3, 0.4) is 0 Å². The lowest BCUT2D eigenvalue weighted by Gasteiger charge is -2.11. The van der Waals surface area contributed by atoms with E-state index in [2.05, 4.69) is 0 Å². The van der Waals surface area contributed by atoms with Gasteiger partial charge in [-0.05, 0) is 17.7 Å². The molecule has 0 heterocycles. The van der Waals surface area contributed by atoms with Gasteiger partial charge in [0.1, 0.15) is 10.9 Å². The quantitative estimate of drug-likeness (QED) is 0.321. The number of halogens is 2. The lowest BCUT2D eigenvalue weighted by Crippen LogP contribution is -2.23. The number of methoxy groups -OCH3 is 1. The predicted molar refractivity (Wildman–Crippen MR) is 92.5 cm³/mol. The molecule has 0 aliphatic rings. The monoisotopic (exact) mass is 383 g/mol. The van der Waals surface area contributed by atoms with E-state index in [0.29, 0.717) is 15.3 Å². The summed E-state index contributed by atoms with van der Waals surface area (Å²) < 4.78 is 5.30. The van der Waals surface area contributed by atoms with E-state index in [1.165, 1.54) is 49.6 Å². The number of esters is 1. The lowest BCUT2D eigenvalue weighted by molar-refractivity contribution is -0.465. The number of ether oxygens (including phenoxy) is 1. The number of benzene rings is 2. The van der Waals surface area contributed by atoms with E-state index < -0.39 is 16.8 Å². The smallest absolute Gasteiger partial charge is 0.319 e. The molecule has 0 radical (unpaired) electrons. The van der Waals surface area contributed by atoms with Crippen molar-refractivity contribution in [2.75, 3.05) is 13.7 Å². The normalized spacial score (nSPS) is 11.6. The van der Waals surface area contributed by atoms with Crippen molar-refractivity contribution >= 4 is 40.5 Å². The first-order chi connectivity index (χ1) is 11.8. The predicted octanol–water partition coefficient (Wildman–Crippen LogP) is 4.27. The Morgan fingerprint density at radius 2 is 1.80 bits per heavy atom. The largest absolute Gasteiger partial charge is 0.468 e. The minimum absolute atomic E-state index is 0.118. The van der Waals surface area contributed by atoms with E-state index in [4.69, 9.17) is 27.9 Å². The second-order valence-electron chi connectivity index (χ2n) is 5.08. The van der Waals surface area contributed by atoms with Gasteiger partial charge in [-0.1, -0.05) is 35.3 Å². The molecule has 0 aromatic heterocycles. The molecule has 0 spiro atoms. The lowest BCUT2D eigenvalue weighted by atomic mass is 9.98. The number of carbonyl (C=O) groups excluding carboxylic acids is 1. The van der Waals surface area contributed by atoms with Crippen molar-refractivity contribution in [2.24, 2.45) is 0 Å². The fraction of sp³-hybridized carbons (Fsp3) is 0.188. The van der Waals surface area contributed by atoms with Gasteiger partial charge in [0, 0.05) is 32.9 Å². The maximum atomic E-state index is 12.4. The third-order valence-electron chi connectivity index (χ3n) is 3.52. The molecule has 2 aromatic rings. The third-order valence-corrected chi connectivity index (χ3v) is 4.06. The Kier molecular flexibility index (Phi) is 6.06. The molecule has 9 heteroatoms. The van der Waals surface area contributed by atoms with Gasteiger partial charge in [0.2, 0.25) is 6.54 Å². The molecular weight excluding hydrogens is 371 g/mol. The van der Waals surface area contributed by atoms with Gasteiger partial charge in [-0.25, -0.2) is 0 Å². The number of carbonyl (C=O) groups is 1. The number of nitro groups is 1. The first-order valence-electron chi connectivity index (χ1n) is 7.05. The zero-order valence-corrected chi connectivity index (χ0v) is 14.5. The SMILES string of the molecule is COC(=O)C(C[N+](=O)c1ccc(Cl)cc1Cl)c1ccc([N+](=O)[O-])cc1. The van der Waals surface area contributed by atoms with Gasteiger partial charge >= 0.3 is 5.97 Å². The summed E-state index contributed by atoms with van der Waals surface area (Å²) in [4.78, 5) is 34.7. The summed E-state index contributed by atoms with van der Waals surface area (Å²) in [6.07, 6.45) is 0. The Labute approximate surface area is 152 Å². The summed E-state index contributed by atoms with van der Waals surface area (Å²) in [6, 6.07) is 9.72. The van der Waals surface area contributed by atoms with Gasteiger partial charge in [-0.3, -0.25) is 14.9 Å². The topological polar surface area (TPSA) is 89.5 Å². The molecule has 0 amide bonds. The van der Waals surface area contributed by atoms with Gasteiger partial charge in [0.05, 0.1) is 12.0 Å². The molecule has 2 aromatic carbocycles. The van der Waals surface area contributed by atoms with E-state index in [1.807, 2.05) is 0 Å². The van der Waals surface area contributed by atoms with Crippen molar-refractivity contribution in [3.63, 3.8) is 0 Å². The fourth-order valence-electron chi connectivity index (χ4n) is 2.23. The first-order valence-corrected chi connectivity index (χ1v) is 7.81. The molecule has 1 unspecified atom stereocenters. The van der Waals surface area contributed by atoms with Crippen molar-refractivity contribution < 1.29 is 19.2 Å². The minimum Gasteiger partial charge on any atom is -0.468 e. The molecule has 0 N–H and O–H groups in total. The van der Waals surface area contributed by atoms with Gasteiger partial charge in [0.25, 0.3) is 11.4 Å². The van der Waals surface area contributed by atoms with Crippen molar-refractivity contribution in [2.45, 2.75) is 5.92 Å². The second-order valence-corrected chi connectivity index (χ2v) is 5.92. The highest BCUT2D eigenvalue weighted by Crippen LogP contribution is 2.30. The van der Waals surface area contributed by atoms with E-state index in [1.54, 1.807) is 0 Å². The summed E-state index contributed by atoms with van der Waals surface area (Å²) in [7, 11) is 1.20. The summed E-state index contributed by atoms with van der Waals surface area (Å²) in [5.41, 5.74) is 0.456. The van der Waals surface area contributed by atoms with Crippen LogP contribution in [-0.2, 0) is 9.53 Å². The maximum Gasteiger partial charge on any atom is 0.319 e. The van der Waals surface area contributed by atoms with Crippen LogP contribution in [-0.4, -0.2) is 29.3 Å². The number of nitroso groups, excluding NO2 is 1. The Hall–Kier alpha value is -2.51. The van der Waals surface area contributed by atoms with E-state index in [0.717, 1.165) is 0 Å². The van der Waals surface area contributed by atoms with Crippen LogP contribution in [0.25, 0.3) is 0 Å². The van der Waals surface area contributed by atoms with Crippen LogP contribution in [0.5, 0.6) is 0 Å². The van der Waals surface area contributed by atoms with Crippen molar-refractivity contribution in [1.29, 1.82) is 0 Å². The zero-order chi connectivity index (χ0) is 18.6. The van der Waals surface area contributed by atoms with E-state index in [-0.39, 0.29) is 22.9 Å². The Balaban J connectivity index is 2.30. The highest BCUT2D eigenvalue weighted by Gasteiger charge is 2.31. The zero-order valence-electron chi connectivity index (χ0n) is 13.0. The summed E-state index contributed by atoms with van der Waals surface area (Å²) >= 11 is 11.8. The molecule has 2 rings (SSSR count). The highest BCUT2D eigenvalue weighted by molar-refractivity contribution is 6.35. The van der Waals surface area contributed by atoms with Crippen LogP contribution in [0.1, 0.15) is 11.5 Å². The molecular formula is C16H13Cl2N2O5+. The number of hydrogen-bond donors (Lipinski definition) is 0. The number of nitro benzene ring substituents is 1. The van der Waals surface area contributed by atoms with Gasteiger partial charge in [-0.15, -0.1) is 0 Å². The van der Waals surface area contributed by atoms with Gasteiger partial charge in [0.15, 0.2) is 0 Å². The van der Waals surface area contributed by atoms with Crippen molar-refractivity contribution in [3.8, 4) is 0 Å². The molecule has 0 aliphatic heterocycles. The molecule has 1 atom stereocenters. The molecule has 0 bridgehead atoms. The number of non-ortho nitro benzene ring substituents is 1. The Bertz CT molecular complexity index is 824. The minimum atomic E-state index is -0.935. The van der Waals surface area contributed by atoms with Crippen LogP contribution in [0.2, 0.25) is 10.0 Å². The number of rotatable bonds is 6. The second kappa shape index (κ2) is 8.04. The molecule has 0 fully saturated rings. The molecule has 0 aliphatic carbocycles. The Morgan fingerprint density at radius 3 is 2.32 bits per heavy atom. The van der Waals surface area contributed by atoms with Crippen molar-refractivity contribution in [3.05, 3.63) is 73.1 Å². The average Bonchev–Trinajstić information content (AvgIpc) is 2.58. The van der Waals surface area contributed by atoms with Gasteiger partial charge < -0.3 is 4.74 Å². The number of nitrogens with zero attached hydrogens (tertiary/aromatic N) is 2. The summed E-state index contributed by atoms with van der Waals surface area (Å²) in [5.74, 6) is -1.57. The van der Waals surface area contributed by atoms with Crippen LogP contribution < -0.4 is 0 Å². The van der Waals surface area contributed by atoms with Crippen LogP contribution >= 0.6 is 23.2 Å². The average molecular weight is 384 g/mol. The highest BCUT2D eigenvalue weighted by atomic mass is 35.5. The summed E-state index contributed by atoms with van der Waals surface area (Å²) in [5, 5.41) is 11.3. The summed E-state index contributed by atoms with van der Waals surface area (Å²) in [6.45, 7) is -0.272. The van der Waals surface area contributed by atoms with Crippen LogP contribution in [0.4, 0.5) is 11.4 Å². The molecule has 25 heavy (non-hydrogen) atoms. The molecule has 0 saturated carbocycles. The van der Waals surface area contributed by atoms with Crippen LogP contribution in [0, 0.1) is 15.0 Å². The standard InChI is InChI=1S/C16H13Cl2N2O5/c1-25-16(21)13(10-2-5-12(6-3-10)20(23)24)9-19(22)15-7-4-11(17)8-14(15)18/h2-8,13H,9H2,1H3/q+1. The van der Waals surface area contributed by atoms with E-state index in [9.17, 15) is 19.8 Å². The maximum absolute atomic E-state index is 12.4. The van der Waals surface area contributed by atoms with E-state index >= 15 is 0 Å².